The van der Waals surface area contributed by atoms with Crippen LogP contribution in [-0.4, -0.2) is 23.4 Å². The zero-order valence-electron chi connectivity index (χ0n) is 10.1. The molecule has 3 unspecified atom stereocenters. The minimum atomic E-state index is 0.0542. The predicted octanol–water partition coefficient (Wildman–Crippen LogP) is 1.68. The highest BCUT2D eigenvalue weighted by Crippen LogP contribution is 2.35. The fraction of sp³-hybridized carbons (Fsp3) is 0.571. The zero-order chi connectivity index (χ0) is 11.8. The fourth-order valence-electron chi connectivity index (χ4n) is 3.20. The Morgan fingerprint density at radius 3 is 3.12 bits per heavy atom. The maximum absolute atomic E-state index is 12.5. The van der Waals surface area contributed by atoms with E-state index in [-0.39, 0.29) is 11.8 Å². The molecule has 0 radical (unpaired) electrons. The molecule has 1 aliphatic carbocycles. The van der Waals surface area contributed by atoms with Crippen molar-refractivity contribution in [1.82, 2.24) is 10.3 Å². The summed E-state index contributed by atoms with van der Waals surface area (Å²) in [6.45, 7) is 3.09. The van der Waals surface area contributed by atoms with Gasteiger partial charge in [-0.15, -0.1) is 0 Å². The van der Waals surface area contributed by atoms with E-state index in [9.17, 15) is 4.79 Å². The van der Waals surface area contributed by atoms with Crippen molar-refractivity contribution in [2.24, 2.45) is 5.92 Å². The molecule has 2 aliphatic rings. The van der Waals surface area contributed by atoms with Gasteiger partial charge < -0.3 is 5.32 Å². The lowest BCUT2D eigenvalue weighted by atomic mass is 9.87. The number of Topliss-reactive ketones (excluding diaryl/α,β-unsaturated/α-hetero) is 1. The average Bonchev–Trinajstić information content (AvgIpc) is 2.94. The molecule has 3 rings (SSSR count). The minimum Gasteiger partial charge on any atom is -0.314 e. The average molecular weight is 230 g/mol. The van der Waals surface area contributed by atoms with E-state index < -0.39 is 0 Å². The summed E-state index contributed by atoms with van der Waals surface area (Å²) in [7, 11) is 0. The summed E-state index contributed by atoms with van der Waals surface area (Å²) in [5.74, 6) is 0.645. The fourth-order valence-corrected chi connectivity index (χ4v) is 3.20. The van der Waals surface area contributed by atoms with Gasteiger partial charge in [0.05, 0.1) is 11.6 Å². The number of hydrogen-bond donors (Lipinski definition) is 1. The summed E-state index contributed by atoms with van der Waals surface area (Å²) in [6, 6.07) is 4.40. The molecule has 1 aromatic heterocycles. The number of nitrogens with one attached hydrogen (secondary N) is 1. The first-order valence-electron chi connectivity index (χ1n) is 6.48. The molecule has 1 fully saturated rings. The Labute approximate surface area is 102 Å². The van der Waals surface area contributed by atoms with Gasteiger partial charge in [0.2, 0.25) is 0 Å². The molecule has 3 atom stereocenters. The van der Waals surface area contributed by atoms with Crippen molar-refractivity contribution >= 4 is 5.78 Å². The first-order chi connectivity index (χ1) is 8.27. The predicted molar refractivity (Wildman–Crippen MR) is 65.9 cm³/mol. The van der Waals surface area contributed by atoms with Crippen LogP contribution in [0, 0.1) is 5.92 Å². The molecule has 1 saturated heterocycles. The number of pyridine rings is 1. The minimum absolute atomic E-state index is 0.0542. The van der Waals surface area contributed by atoms with Crippen LogP contribution in [0.2, 0.25) is 0 Å². The number of aromatic nitrogens is 1. The van der Waals surface area contributed by atoms with E-state index in [0.717, 1.165) is 31.5 Å². The molecule has 0 aromatic carbocycles. The Kier molecular flexibility index (Phi) is 2.71. The normalized spacial score (nSPS) is 31.5. The number of carbonyl (C=O) groups is 1. The van der Waals surface area contributed by atoms with Gasteiger partial charge in [-0.25, -0.2) is 0 Å². The number of hydrogen-bond acceptors (Lipinski definition) is 3. The van der Waals surface area contributed by atoms with Crippen molar-refractivity contribution < 1.29 is 4.79 Å². The molecule has 3 nitrogen and oxygen atoms in total. The van der Waals surface area contributed by atoms with Gasteiger partial charge in [0, 0.05) is 18.2 Å². The van der Waals surface area contributed by atoms with E-state index in [1.165, 1.54) is 5.56 Å². The number of nitrogens with zero attached hydrogens (tertiary/aromatic N) is 1. The van der Waals surface area contributed by atoms with Gasteiger partial charge in [-0.1, -0.05) is 6.07 Å². The second-order valence-corrected chi connectivity index (χ2v) is 5.18. The molecular formula is C14H18N2O. The lowest BCUT2D eigenvalue weighted by Crippen LogP contribution is -2.31. The van der Waals surface area contributed by atoms with Crippen molar-refractivity contribution in [3.05, 3.63) is 29.6 Å². The van der Waals surface area contributed by atoms with Gasteiger partial charge in [0.1, 0.15) is 5.78 Å². The van der Waals surface area contributed by atoms with Gasteiger partial charge in [-0.3, -0.25) is 9.78 Å². The van der Waals surface area contributed by atoms with E-state index in [0.29, 0.717) is 11.8 Å². The first kappa shape index (κ1) is 10.9. The van der Waals surface area contributed by atoms with Gasteiger partial charge in [0.15, 0.2) is 0 Å². The van der Waals surface area contributed by atoms with Gasteiger partial charge in [0.25, 0.3) is 0 Å². The molecule has 1 aromatic rings. The Bertz CT molecular complexity index is 444. The third-order valence-corrected chi connectivity index (χ3v) is 4.19. The number of ketones is 1. The molecule has 17 heavy (non-hydrogen) atoms. The van der Waals surface area contributed by atoms with Crippen LogP contribution in [0.1, 0.15) is 36.9 Å². The molecule has 3 heteroatoms. The molecule has 0 spiro atoms. The summed E-state index contributed by atoms with van der Waals surface area (Å²) in [5.41, 5.74) is 2.31. The first-order valence-corrected chi connectivity index (χ1v) is 6.48. The van der Waals surface area contributed by atoms with Gasteiger partial charge in [-0.05, 0) is 44.4 Å². The smallest absolute Gasteiger partial charge is 0.146 e. The van der Waals surface area contributed by atoms with E-state index >= 15 is 0 Å². The third kappa shape index (κ3) is 1.78. The molecule has 0 saturated carbocycles. The largest absolute Gasteiger partial charge is 0.314 e. The lowest BCUT2D eigenvalue weighted by Gasteiger charge is -2.18. The Balaban J connectivity index is 1.84. The van der Waals surface area contributed by atoms with Crippen LogP contribution >= 0.6 is 0 Å². The van der Waals surface area contributed by atoms with Crippen LogP contribution in [0.15, 0.2) is 18.3 Å². The van der Waals surface area contributed by atoms with Crippen LogP contribution in [-0.2, 0) is 11.2 Å². The van der Waals surface area contributed by atoms with Crippen LogP contribution in [0.4, 0.5) is 0 Å². The molecule has 1 aliphatic heterocycles. The summed E-state index contributed by atoms with van der Waals surface area (Å²) < 4.78 is 0. The van der Waals surface area contributed by atoms with E-state index in [1.54, 1.807) is 6.20 Å². The molecule has 1 N–H and O–H groups in total. The second-order valence-electron chi connectivity index (χ2n) is 5.18. The molecule has 90 valence electrons. The highest BCUT2D eigenvalue weighted by molar-refractivity contribution is 5.89. The number of carbonyl (C=O) groups excluding carboxylic acids is 1. The molecule has 2 heterocycles. The van der Waals surface area contributed by atoms with Crippen molar-refractivity contribution in [3.63, 3.8) is 0 Å². The van der Waals surface area contributed by atoms with Crippen LogP contribution in [0.5, 0.6) is 0 Å². The Morgan fingerprint density at radius 1 is 1.47 bits per heavy atom. The molecular weight excluding hydrogens is 212 g/mol. The standard InChI is InChI=1S/C14H18N2O/c1-9-11(6-8-15-9)14(17)12-5-4-10-3-2-7-16-13(10)12/h2-3,7,9,11-12,15H,4-6,8H2,1H3. The SMILES string of the molecule is CC1NCCC1C(=O)C1CCc2cccnc21. The van der Waals surface area contributed by atoms with Crippen molar-refractivity contribution in [2.75, 3.05) is 6.54 Å². The van der Waals surface area contributed by atoms with Crippen molar-refractivity contribution in [3.8, 4) is 0 Å². The highest BCUT2D eigenvalue weighted by Gasteiger charge is 2.37. The quantitative estimate of drug-likeness (QED) is 0.840. The van der Waals surface area contributed by atoms with Crippen molar-refractivity contribution in [1.29, 1.82) is 0 Å². The Hall–Kier alpha value is -1.22. The third-order valence-electron chi connectivity index (χ3n) is 4.19. The maximum Gasteiger partial charge on any atom is 0.146 e. The highest BCUT2D eigenvalue weighted by atomic mass is 16.1. The van der Waals surface area contributed by atoms with Gasteiger partial charge in [-0.2, -0.15) is 0 Å². The van der Waals surface area contributed by atoms with E-state index in [1.807, 2.05) is 6.07 Å². The number of aryl methyl sites for hydroxylation is 1. The maximum atomic E-state index is 12.5. The lowest BCUT2D eigenvalue weighted by molar-refractivity contribution is -0.124. The van der Waals surface area contributed by atoms with Crippen LogP contribution in [0.25, 0.3) is 0 Å². The molecule has 0 bridgehead atoms. The number of rotatable bonds is 2. The van der Waals surface area contributed by atoms with Gasteiger partial charge >= 0.3 is 0 Å². The second kappa shape index (κ2) is 4.22. The van der Waals surface area contributed by atoms with E-state index in [2.05, 4.69) is 23.3 Å². The zero-order valence-corrected chi connectivity index (χ0v) is 10.1. The summed E-state index contributed by atoms with van der Waals surface area (Å²) >= 11 is 0. The summed E-state index contributed by atoms with van der Waals surface area (Å²) in [6.07, 6.45) is 4.75. The number of fused-ring (bicyclic) bond motifs is 1. The Morgan fingerprint density at radius 2 is 2.35 bits per heavy atom. The van der Waals surface area contributed by atoms with Crippen LogP contribution < -0.4 is 5.32 Å². The summed E-state index contributed by atoms with van der Waals surface area (Å²) in [5, 5.41) is 3.36. The summed E-state index contributed by atoms with van der Waals surface area (Å²) in [4.78, 5) is 17.0. The molecule has 0 amide bonds. The van der Waals surface area contributed by atoms with Crippen molar-refractivity contribution in [2.45, 2.75) is 38.1 Å². The topological polar surface area (TPSA) is 42.0 Å². The van der Waals surface area contributed by atoms with E-state index in [4.69, 9.17) is 0 Å². The van der Waals surface area contributed by atoms with Crippen LogP contribution in [0.3, 0.4) is 0 Å². The monoisotopic (exact) mass is 230 g/mol.